The molecule has 0 aliphatic carbocycles. The fraction of sp³-hybridized carbons (Fsp3) is 0.500. The molecule has 2 heterocycles. The van der Waals surface area contributed by atoms with Crippen LogP contribution in [0.25, 0.3) is 0 Å². The molecule has 1 aromatic rings. The van der Waals surface area contributed by atoms with Gasteiger partial charge in [-0.1, -0.05) is 6.07 Å². The van der Waals surface area contributed by atoms with Gasteiger partial charge in [-0.25, -0.2) is 4.79 Å². The molecule has 0 unspecified atom stereocenters. The van der Waals surface area contributed by atoms with Gasteiger partial charge in [0.1, 0.15) is 0 Å². The predicted molar refractivity (Wildman–Crippen MR) is 72.7 cm³/mol. The highest BCUT2D eigenvalue weighted by Gasteiger charge is 2.47. The summed E-state index contributed by atoms with van der Waals surface area (Å²) in [6, 6.07) is 5.57. The van der Waals surface area contributed by atoms with Gasteiger partial charge in [0.05, 0.1) is 5.56 Å². The number of hydrogen-bond donors (Lipinski definition) is 2. The standard InChI is InChI=1S/C12H13F3N2.C2HF3O2/c13-12(14,15)9-2-1-3-10(4-9)17-7-11(8-17)5-16-6-11;3-2(4,5)1(6)7/h1-4,16H,5-8H2;(H,6,7). The molecular formula is C14H14F6N2O2. The Hall–Kier alpha value is -1.97. The van der Waals surface area contributed by atoms with Crippen molar-refractivity contribution in [2.24, 2.45) is 5.41 Å². The Kier molecular flexibility index (Phi) is 4.71. The summed E-state index contributed by atoms with van der Waals surface area (Å²) in [5, 5.41) is 10.3. The smallest absolute Gasteiger partial charge is 0.475 e. The molecule has 24 heavy (non-hydrogen) atoms. The molecule has 0 saturated carbocycles. The van der Waals surface area contributed by atoms with Gasteiger partial charge in [0.25, 0.3) is 0 Å². The summed E-state index contributed by atoms with van der Waals surface area (Å²) in [6.07, 6.45) is -9.34. The molecule has 1 aromatic carbocycles. The van der Waals surface area contributed by atoms with Crippen LogP contribution in [0.3, 0.4) is 0 Å². The first-order chi connectivity index (χ1) is 10.9. The lowest BCUT2D eigenvalue weighted by Crippen LogP contribution is -2.71. The van der Waals surface area contributed by atoms with Crippen LogP contribution in [-0.2, 0) is 11.0 Å². The Labute approximate surface area is 133 Å². The Morgan fingerprint density at radius 2 is 1.67 bits per heavy atom. The van der Waals surface area contributed by atoms with Crippen LogP contribution in [0, 0.1) is 5.41 Å². The number of halogens is 6. The minimum Gasteiger partial charge on any atom is -0.475 e. The number of anilines is 1. The number of benzene rings is 1. The highest BCUT2D eigenvalue weighted by Crippen LogP contribution is 2.39. The van der Waals surface area contributed by atoms with Gasteiger partial charge in [0.15, 0.2) is 0 Å². The van der Waals surface area contributed by atoms with Crippen LogP contribution in [0.1, 0.15) is 5.56 Å². The Bertz CT molecular complexity index is 602. The van der Waals surface area contributed by atoms with Crippen LogP contribution in [-0.4, -0.2) is 43.4 Å². The van der Waals surface area contributed by atoms with Gasteiger partial charge in [-0.05, 0) is 18.2 Å². The molecule has 0 amide bonds. The van der Waals surface area contributed by atoms with Crippen molar-refractivity contribution >= 4 is 11.7 Å². The first-order valence-corrected chi connectivity index (χ1v) is 6.86. The molecule has 2 saturated heterocycles. The monoisotopic (exact) mass is 356 g/mol. The van der Waals surface area contributed by atoms with Crippen molar-refractivity contribution in [2.75, 3.05) is 31.1 Å². The third-order valence-electron chi connectivity index (χ3n) is 3.83. The van der Waals surface area contributed by atoms with Crippen LogP contribution < -0.4 is 10.2 Å². The molecule has 0 bridgehead atoms. The molecular weight excluding hydrogens is 342 g/mol. The number of rotatable bonds is 1. The third-order valence-corrected chi connectivity index (χ3v) is 3.83. The second-order valence-corrected chi connectivity index (χ2v) is 5.81. The number of nitrogens with zero attached hydrogens (tertiary/aromatic N) is 1. The van der Waals surface area contributed by atoms with E-state index in [0.717, 1.165) is 32.2 Å². The van der Waals surface area contributed by atoms with Crippen LogP contribution in [0.2, 0.25) is 0 Å². The van der Waals surface area contributed by atoms with E-state index in [0.29, 0.717) is 11.1 Å². The molecule has 2 aliphatic heterocycles. The van der Waals surface area contributed by atoms with E-state index in [-0.39, 0.29) is 0 Å². The Morgan fingerprint density at radius 3 is 2.04 bits per heavy atom. The zero-order chi connectivity index (χ0) is 18.2. The summed E-state index contributed by atoms with van der Waals surface area (Å²) in [4.78, 5) is 10.9. The predicted octanol–water partition coefficient (Wildman–Crippen LogP) is 2.75. The van der Waals surface area contributed by atoms with Crippen molar-refractivity contribution in [3.05, 3.63) is 29.8 Å². The van der Waals surface area contributed by atoms with Gasteiger partial charge in [0.2, 0.25) is 0 Å². The fourth-order valence-corrected chi connectivity index (χ4v) is 2.53. The Balaban J connectivity index is 0.000000256. The summed E-state index contributed by atoms with van der Waals surface area (Å²) < 4.78 is 69.4. The van der Waals surface area contributed by atoms with Gasteiger partial charge < -0.3 is 15.3 Å². The second kappa shape index (κ2) is 6.15. The first kappa shape index (κ1) is 18.4. The number of carboxylic acids is 1. The van der Waals surface area contributed by atoms with Gasteiger partial charge in [0, 0.05) is 37.3 Å². The maximum atomic E-state index is 12.6. The van der Waals surface area contributed by atoms with Crippen LogP contribution in [0.4, 0.5) is 32.0 Å². The maximum absolute atomic E-state index is 12.6. The molecule has 10 heteroatoms. The lowest BCUT2D eigenvalue weighted by Gasteiger charge is -2.57. The number of alkyl halides is 6. The average molecular weight is 356 g/mol. The largest absolute Gasteiger partial charge is 0.490 e. The lowest BCUT2D eigenvalue weighted by atomic mass is 9.74. The zero-order valence-corrected chi connectivity index (χ0v) is 12.2. The summed E-state index contributed by atoms with van der Waals surface area (Å²) in [5.74, 6) is -2.76. The first-order valence-electron chi connectivity index (χ1n) is 6.86. The molecule has 0 atom stereocenters. The number of carboxylic acid groups (broad SMARTS) is 1. The molecule has 0 radical (unpaired) electrons. The summed E-state index contributed by atoms with van der Waals surface area (Å²) in [6.45, 7) is 3.70. The van der Waals surface area contributed by atoms with E-state index in [1.165, 1.54) is 12.1 Å². The Morgan fingerprint density at radius 1 is 1.12 bits per heavy atom. The number of aliphatic carboxylic acids is 1. The van der Waals surface area contributed by atoms with E-state index in [9.17, 15) is 26.3 Å². The summed E-state index contributed by atoms with van der Waals surface area (Å²) in [5.41, 5.74) is 0.439. The summed E-state index contributed by atoms with van der Waals surface area (Å²) >= 11 is 0. The SMILES string of the molecule is FC(F)(F)c1cccc(N2CC3(CNC3)C2)c1.O=C(O)C(F)(F)F. The van der Waals surface area contributed by atoms with E-state index in [1.807, 2.05) is 4.90 Å². The lowest BCUT2D eigenvalue weighted by molar-refractivity contribution is -0.192. The minimum atomic E-state index is -5.08. The molecule has 2 aliphatic rings. The van der Waals surface area contributed by atoms with Crippen LogP contribution >= 0.6 is 0 Å². The van der Waals surface area contributed by atoms with Gasteiger partial charge in [-0.3, -0.25) is 0 Å². The quantitative estimate of drug-likeness (QED) is 0.760. The number of nitrogens with one attached hydrogen (secondary N) is 1. The van der Waals surface area contributed by atoms with Gasteiger partial charge in [-0.2, -0.15) is 26.3 Å². The van der Waals surface area contributed by atoms with Crippen LogP contribution in [0.5, 0.6) is 0 Å². The normalized spacial score (nSPS) is 19.0. The van der Waals surface area contributed by atoms with E-state index >= 15 is 0 Å². The van der Waals surface area contributed by atoms with Crippen LogP contribution in [0.15, 0.2) is 24.3 Å². The minimum absolute atomic E-state index is 0.328. The highest BCUT2D eigenvalue weighted by atomic mass is 19.4. The van der Waals surface area contributed by atoms with E-state index < -0.39 is 23.9 Å². The second-order valence-electron chi connectivity index (χ2n) is 5.81. The number of carbonyl (C=O) groups is 1. The third kappa shape index (κ3) is 4.11. The average Bonchev–Trinajstić information content (AvgIpc) is 2.34. The van der Waals surface area contributed by atoms with Crippen molar-refractivity contribution in [1.29, 1.82) is 0 Å². The molecule has 4 nitrogen and oxygen atoms in total. The van der Waals surface area contributed by atoms with Gasteiger partial charge in [-0.15, -0.1) is 0 Å². The zero-order valence-electron chi connectivity index (χ0n) is 12.2. The molecule has 1 spiro atoms. The molecule has 134 valence electrons. The van der Waals surface area contributed by atoms with E-state index in [2.05, 4.69) is 5.32 Å². The van der Waals surface area contributed by atoms with Crippen molar-refractivity contribution in [3.8, 4) is 0 Å². The maximum Gasteiger partial charge on any atom is 0.490 e. The summed E-state index contributed by atoms with van der Waals surface area (Å²) in [7, 11) is 0. The van der Waals surface area contributed by atoms with Crippen molar-refractivity contribution < 1.29 is 36.2 Å². The van der Waals surface area contributed by atoms with E-state index in [1.54, 1.807) is 6.07 Å². The van der Waals surface area contributed by atoms with E-state index in [4.69, 9.17) is 9.90 Å². The van der Waals surface area contributed by atoms with Crippen molar-refractivity contribution in [3.63, 3.8) is 0 Å². The van der Waals surface area contributed by atoms with Gasteiger partial charge >= 0.3 is 18.3 Å². The number of hydrogen-bond acceptors (Lipinski definition) is 3. The highest BCUT2D eigenvalue weighted by molar-refractivity contribution is 5.73. The molecule has 2 N–H and O–H groups in total. The van der Waals surface area contributed by atoms with Crippen molar-refractivity contribution in [2.45, 2.75) is 12.4 Å². The van der Waals surface area contributed by atoms with Crippen molar-refractivity contribution in [1.82, 2.24) is 5.32 Å². The topological polar surface area (TPSA) is 52.6 Å². The molecule has 0 aromatic heterocycles. The fourth-order valence-electron chi connectivity index (χ4n) is 2.53. The molecule has 3 rings (SSSR count). The molecule has 2 fully saturated rings.